The third-order valence-electron chi connectivity index (χ3n) is 4.41. The van der Waals surface area contributed by atoms with Crippen LogP contribution in [0.1, 0.15) is 0 Å². The molecule has 0 aliphatic carbocycles. The molecule has 1 amide bonds. The maximum atomic E-state index is 13.0. The molecule has 0 spiro atoms. The van der Waals surface area contributed by atoms with Crippen molar-refractivity contribution in [2.75, 3.05) is 19.9 Å². The monoisotopic (exact) mass is 411 g/mol. The van der Waals surface area contributed by atoms with Crippen molar-refractivity contribution in [3.63, 3.8) is 0 Å². The van der Waals surface area contributed by atoms with Crippen LogP contribution in [0.4, 0.5) is 4.39 Å². The van der Waals surface area contributed by atoms with E-state index in [-0.39, 0.29) is 43.8 Å². The van der Waals surface area contributed by atoms with Crippen molar-refractivity contribution in [1.29, 1.82) is 0 Å². The Labute approximate surface area is 170 Å². The molecule has 4 rings (SSSR count). The first kappa shape index (κ1) is 19.4. The number of carbonyl (C=O) groups is 1. The van der Waals surface area contributed by atoms with Gasteiger partial charge in [0.1, 0.15) is 11.6 Å². The first-order chi connectivity index (χ1) is 14.6. The van der Waals surface area contributed by atoms with Crippen LogP contribution in [0.25, 0.3) is 11.3 Å². The van der Waals surface area contributed by atoms with E-state index in [2.05, 4.69) is 10.3 Å². The minimum Gasteiger partial charge on any atom is -0.484 e. The molecule has 1 aliphatic rings. The number of aromatic nitrogens is 2. The van der Waals surface area contributed by atoms with Gasteiger partial charge in [-0.25, -0.2) is 9.37 Å². The summed E-state index contributed by atoms with van der Waals surface area (Å²) in [6, 6.07) is 12.2. The normalized spacial score (nSPS) is 11.9. The van der Waals surface area contributed by atoms with E-state index in [1.54, 1.807) is 30.3 Å². The van der Waals surface area contributed by atoms with Crippen LogP contribution < -0.4 is 25.1 Å². The number of rotatable bonds is 7. The minimum atomic E-state index is -0.356. The smallest absolute Gasteiger partial charge is 0.258 e. The number of halogens is 1. The van der Waals surface area contributed by atoms with Gasteiger partial charge in [0.15, 0.2) is 18.1 Å². The molecular weight excluding hydrogens is 393 g/mol. The van der Waals surface area contributed by atoms with Crippen LogP contribution in [0.3, 0.4) is 0 Å². The highest BCUT2D eigenvalue weighted by atomic mass is 19.1. The quantitative estimate of drug-likeness (QED) is 0.639. The molecule has 8 nitrogen and oxygen atoms in total. The lowest BCUT2D eigenvalue weighted by Gasteiger charge is -2.09. The zero-order valence-corrected chi connectivity index (χ0v) is 15.8. The highest BCUT2D eigenvalue weighted by Gasteiger charge is 2.14. The molecule has 0 fully saturated rings. The van der Waals surface area contributed by atoms with E-state index in [1.807, 2.05) is 0 Å². The van der Waals surface area contributed by atoms with Crippen molar-refractivity contribution in [3.05, 3.63) is 71.0 Å². The molecule has 0 atom stereocenters. The van der Waals surface area contributed by atoms with Gasteiger partial charge in [-0.15, -0.1) is 0 Å². The Kier molecular flexibility index (Phi) is 5.60. The van der Waals surface area contributed by atoms with E-state index in [0.717, 1.165) is 0 Å². The molecule has 2 aromatic carbocycles. The van der Waals surface area contributed by atoms with Crippen LogP contribution in [-0.4, -0.2) is 35.4 Å². The number of fused-ring (bicyclic) bond motifs is 1. The molecule has 9 heteroatoms. The third kappa shape index (κ3) is 4.57. The summed E-state index contributed by atoms with van der Waals surface area (Å²) in [6.07, 6.45) is 1.40. The molecular formula is C21H18FN3O5. The largest absolute Gasteiger partial charge is 0.484 e. The Morgan fingerprint density at radius 1 is 1.13 bits per heavy atom. The van der Waals surface area contributed by atoms with E-state index in [1.165, 1.54) is 29.1 Å². The van der Waals surface area contributed by atoms with Gasteiger partial charge in [-0.05, 0) is 36.4 Å². The molecule has 0 unspecified atom stereocenters. The number of benzene rings is 2. The molecule has 1 aromatic heterocycles. The topological polar surface area (TPSA) is 91.7 Å². The lowest BCUT2D eigenvalue weighted by Crippen LogP contribution is -2.33. The van der Waals surface area contributed by atoms with Gasteiger partial charge in [0, 0.05) is 30.8 Å². The third-order valence-corrected chi connectivity index (χ3v) is 4.41. The van der Waals surface area contributed by atoms with Crippen molar-refractivity contribution in [2.24, 2.45) is 0 Å². The van der Waals surface area contributed by atoms with Gasteiger partial charge in [-0.1, -0.05) is 0 Å². The average Bonchev–Trinajstić information content (AvgIpc) is 3.22. The Morgan fingerprint density at radius 3 is 2.73 bits per heavy atom. The van der Waals surface area contributed by atoms with Crippen molar-refractivity contribution in [3.8, 4) is 28.5 Å². The predicted molar refractivity (Wildman–Crippen MR) is 105 cm³/mol. The molecule has 3 aromatic rings. The molecule has 30 heavy (non-hydrogen) atoms. The summed E-state index contributed by atoms with van der Waals surface area (Å²) in [6.45, 7) is 0.487. The molecule has 0 saturated heterocycles. The van der Waals surface area contributed by atoms with Crippen LogP contribution in [0.2, 0.25) is 0 Å². The van der Waals surface area contributed by atoms with Crippen molar-refractivity contribution >= 4 is 5.91 Å². The number of nitrogens with zero attached hydrogens (tertiary/aromatic N) is 2. The summed E-state index contributed by atoms with van der Waals surface area (Å²) >= 11 is 0. The summed E-state index contributed by atoms with van der Waals surface area (Å²) in [7, 11) is 0. The summed E-state index contributed by atoms with van der Waals surface area (Å²) in [5.74, 6) is 1.02. The summed E-state index contributed by atoms with van der Waals surface area (Å²) in [5.41, 5.74) is 0.835. The lowest BCUT2D eigenvalue weighted by molar-refractivity contribution is -0.123. The Morgan fingerprint density at radius 2 is 1.93 bits per heavy atom. The minimum absolute atomic E-state index is 0.165. The van der Waals surface area contributed by atoms with Crippen molar-refractivity contribution in [1.82, 2.24) is 14.9 Å². The first-order valence-electron chi connectivity index (χ1n) is 9.20. The molecule has 154 valence electrons. The van der Waals surface area contributed by atoms with E-state index in [9.17, 15) is 14.0 Å². The van der Waals surface area contributed by atoms with E-state index in [0.29, 0.717) is 28.5 Å². The van der Waals surface area contributed by atoms with Crippen molar-refractivity contribution in [2.45, 2.75) is 6.54 Å². The summed E-state index contributed by atoms with van der Waals surface area (Å²) in [5, 5.41) is 2.68. The highest BCUT2D eigenvalue weighted by molar-refractivity contribution is 5.77. The van der Waals surface area contributed by atoms with Gasteiger partial charge in [-0.2, -0.15) is 0 Å². The molecule has 0 radical (unpaired) electrons. The van der Waals surface area contributed by atoms with Gasteiger partial charge in [0.05, 0.1) is 12.0 Å². The van der Waals surface area contributed by atoms with Gasteiger partial charge in [0.2, 0.25) is 6.79 Å². The Balaban J connectivity index is 1.26. The van der Waals surface area contributed by atoms with E-state index >= 15 is 0 Å². The molecule has 0 bridgehead atoms. The Bertz CT molecular complexity index is 1110. The van der Waals surface area contributed by atoms with Crippen LogP contribution in [-0.2, 0) is 11.3 Å². The van der Waals surface area contributed by atoms with E-state index in [4.69, 9.17) is 14.2 Å². The number of amides is 1. The van der Waals surface area contributed by atoms with Gasteiger partial charge >= 0.3 is 0 Å². The number of hydrogen-bond acceptors (Lipinski definition) is 6. The van der Waals surface area contributed by atoms with E-state index < -0.39 is 0 Å². The van der Waals surface area contributed by atoms with Crippen LogP contribution >= 0.6 is 0 Å². The average molecular weight is 411 g/mol. The van der Waals surface area contributed by atoms with Gasteiger partial charge in [0.25, 0.3) is 11.5 Å². The molecule has 1 aliphatic heterocycles. The summed E-state index contributed by atoms with van der Waals surface area (Å²) in [4.78, 5) is 28.4. The lowest BCUT2D eigenvalue weighted by atomic mass is 10.1. The molecule has 1 N–H and O–H groups in total. The fraction of sp³-hybridized carbons (Fsp3) is 0.190. The predicted octanol–water partition coefficient (Wildman–Crippen LogP) is 1.97. The number of ether oxygens (including phenoxy) is 3. The first-order valence-corrected chi connectivity index (χ1v) is 9.20. The van der Waals surface area contributed by atoms with Crippen LogP contribution in [0.15, 0.2) is 59.7 Å². The standard InChI is InChI=1S/C21H18FN3O5/c22-15-3-1-14(2-4-15)17-10-21(27)25(12-24-17)8-7-23-20(26)11-28-16-5-6-18-19(9-16)30-13-29-18/h1-6,9-10,12H,7-8,11,13H2,(H,23,26). The fourth-order valence-electron chi connectivity index (χ4n) is 2.85. The van der Waals surface area contributed by atoms with Crippen molar-refractivity contribution < 1.29 is 23.4 Å². The molecule has 0 saturated carbocycles. The van der Waals surface area contributed by atoms with Gasteiger partial charge in [-0.3, -0.25) is 14.2 Å². The van der Waals surface area contributed by atoms with Crippen LogP contribution in [0.5, 0.6) is 17.2 Å². The number of carbonyl (C=O) groups excluding carboxylic acids is 1. The maximum Gasteiger partial charge on any atom is 0.258 e. The summed E-state index contributed by atoms with van der Waals surface area (Å²) < 4.78 is 30.3. The highest BCUT2D eigenvalue weighted by Crippen LogP contribution is 2.34. The second-order valence-electron chi connectivity index (χ2n) is 6.47. The fourth-order valence-corrected chi connectivity index (χ4v) is 2.85. The Hall–Kier alpha value is -3.88. The number of hydrogen-bond donors (Lipinski definition) is 1. The second-order valence-corrected chi connectivity index (χ2v) is 6.47. The van der Waals surface area contributed by atoms with Gasteiger partial charge < -0.3 is 19.5 Å². The zero-order valence-electron chi connectivity index (χ0n) is 15.8. The maximum absolute atomic E-state index is 13.0. The molecule has 2 heterocycles. The number of nitrogens with one attached hydrogen (secondary N) is 1. The zero-order chi connectivity index (χ0) is 20.9. The second kappa shape index (κ2) is 8.64. The van der Waals surface area contributed by atoms with Crippen LogP contribution in [0, 0.1) is 5.82 Å². The SMILES string of the molecule is O=C(COc1ccc2c(c1)OCO2)NCCn1cnc(-c2ccc(F)cc2)cc1=O.